The van der Waals surface area contributed by atoms with Crippen molar-refractivity contribution in [3.05, 3.63) is 53.7 Å². The van der Waals surface area contributed by atoms with Crippen LogP contribution in [0.3, 0.4) is 0 Å². The number of nitrogens with zero attached hydrogens (tertiary/aromatic N) is 2. The molecular weight excluding hydrogens is 296 g/mol. The third-order valence-electron chi connectivity index (χ3n) is 4.20. The minimum Gasteiger partial charge on any atom is -0.464 e. The zero-order valence-electron chi connectivity index (χ0n) is 13.0. The molecule has 2 heterocycles. The van der Waals surface area contributed by atoms with Crippen molar-refractivity contribution in [1.29, 1.82) is 0 Å². The van der Waals surface area contributed by atoms with Crippen LogP contribution < -0.4 is 0 Å². The van der Waals surface area contributed by atoms with E-state index in [2.05, 4.69) is 26.8 Å². The van der Waals surface area contributed by atoms with Crippen LogP contribution in [0.1, 0.15) is 34.3 Å². The molecule has 23 heavy (non-hydrogen) atoms. The molecule has 3 rings (SSSR count). The summed E-state index contributed by atoms with van der Waals surface area (Å²) in [5, 5.41) is 10.4. The Balaban J connectivity index is 1.60. The van der Waals surface area contributed by atoms with E-state index in [9.17, 15) is 9.90 Å². The van der Waals surface area contributed by atoms with E-state index < -0.39 is 12.1 Å². The van der Waals surface area contributed by atoms with Crippen molar-refractivity contribution in [2.45, 2.75) is 25.0 Å². The highest BCUT2D eigenvalue weighted by Gasteiger charge is 2.29. The zero-order valence-corrected chi connectivity index (χ0v) is 13.0. The first-order chi connectivity index (χ1) is 11.2. The fraction of sp³-hybridized carbons (Fsp3) is 0.412. The van der Waals surface area contributed by atoms with Gasteiger partial charge in [-0.05, 0) is 18.5 Å². The smallest absolute Gasteiger partial charge is 0.360 e. The van der Waals surface area contributed by atoms with Crippen LogP contribution in [-0.2, 0) is 11.3 Å². The van der Waals surface area contributed by atoms with Crippen LogP contribution in [-0.4, -0.2) is 47.3 Å². The van der Waals surface area contributed by atoms with Gasteiger partial charge in [-0.3, -0.25) is 4.90 Å². The summed E-state index contributed by atoms with van der Waals surface area (Å²) in [6.07, 6.45) is 1.74. The summed E-state index contributed by atoms with van der Waals surface area (Å²) in [4.78, 5) is 17.6. The molecular formula is C17H20N2O4. The predicted octanol–water partition coefficient (Wildman–Crippen LogP) is 1.81. The molecule has 0 bridgehead atoms. The number of hydrogen-bond donors (Lipinski definition) is 1. The number of β-amino-alcohol motifs (C(OH)–C–C–N with tert-alkyl or cyclic N) is 1. The van der Waals surface area contributed by atoms with Gasteiger partial charge in [0.25, 0.3) is 0 Å². The van der Waals surface area contributed by atoms with Gasteiger partial charge in [0.1, 0.15) is 6.26 Å². The number of oxazole rings is 1. The van der Waals surface area contributed by atoms with Gasteiger partial charge in [0, 0.05) is 12.5 Å². The van der Waals surface area contributed by atoms with Crippen LogP contribution in [0.5, 0.6) is 0 Å². The Hall–Kier alpha value is -2.18. The maximum Gasteiger partial charge on any atom is 0.360 e. The second-order valence-corrected chi connectivity index (χ2v) is 5.73. The van der Waals surface area contributed by atoms with Crippen LogP contribution in [0, 0.1) is 0 Å². The van der Waals surface area contributed by atoms with E-state index >= 15 is 0 Å². The van der Waals surface area contributed by atoms with E-state index in [4.69, 9.17) is 4.42 Å². The number of methoxy groups -OCH3 is 1. The monoisotopic (exact) mass is 316 g/mol. The Bertz CT molecular complexity index is 656. The molecule has 1 saturated heterocycles. The molecule has 0 aliphatic carbocycles. The predicted molar refractivity (Wildman–Crippen MR) is 82.9 cm³/mol. The van der Waals surface area contributed by atoms with Crippen molar-refractivity contribution in [3.63, 3.8) is 0 Å². The van der Waals surface area contributed by atoms with Crippen molar-refractivity contribution in [3.8, 4) is 0 Å². The minimum absolute atomic E-state index is 0.155. The number of aromatic nitrogens is 1. The quantitative estimate of drug-likeness (QED) is 0.867. The number of esters is 1. The average molecular weight is 316 g/mol. The molecule has 0 unspecified atom stereocenters. The normalized spacial score (nSPS) is 22.0. The number of rotatable bonds is 4. The minimum atomic E-state index is -0.511. The lowest BCUT2D eigenvalue weighted by molar-refractivity contribution is 0.0438. The fourth-order valence-corrected chi connectivity index (χ4v) is 3.00. The Morgan fingerprint density at radius 1 is 1.43 bits per heavy atom. The number of likely N-dealkylation sites (tertiary alicyclic amines) is 1. The summed E-state index contributed by atoms with van der Waals surface area (Å²) >= 11 is 0. The number of benzene rings is 1. The Morgan fingerprint density at radius 2 is 2.22 bits per heavy atom. The molecule has 1 aliphatic rings. The van der Waals surface area contributed by atoms with Gasteiger partial charge >= 0.3 is 5.97 Å². The third kappa shape index (κ3) is 3.60. The van der Waals surface area contributed by atoms with Crippen LogP contribution in [0.15, 0.2) is 41.0 Å². The van der Waals surface area contributed by atoms with Gasteiger partial charge in [-0.1, -0.05) is 30.3 Å². The molecule has 1 N–H and O–H groups in total. The molecule has 1 aromatic carbocycles. The van der Waals surface area contributed by atoms with Gasteiger partial charge in [-0.25, -0.2) is 9.78 Å². The first kappa shape index (κ1) is 15.7. The van der Waals surface area contributed by atoms with E-state index in [0.29, 0.717) is 19.0 Å². The standard InChI is InChI=1S/C17H20N2O4/c1-22-17(21)14-11-23-16(18-14)10-19-8-7-13(15(20)9-19)12-5-3-2-4-6-12/h2-6,11,13,15,20H,7-10H2,1H3/t13-,15-/m1/s1. The molecule has 1 aromatic heterocycles. The molecule has 2 aromatic rings. The van der Waals surface area contributed by atoms with Crippen molar-refractivity contribution in [2.75, 3.05) is 20.2 Å². The van der Waals surface area contributed by atoms with Crippen LogP contribution in [0.2, 0.25) is 0 Å². The van der Waals surface area contributed by atoms with Crippen molar-refractivity contribution >= 4 is 5.97 Å². The third-order valence-corrected chi connectivity index (χ3v) is 4.20. The fourth-order valence-electron chi connectivity index (χ4n) is 3.00. The first-order valence-electron chi connectivity index (χ1n) is 7.65. The van der Waals surface area contributed by atoms with E-state index in [1.165, 1.54) is 18.9 Å². The van der Waals surface area contributed by atoms with Gasteiger partial charge in [0.05, 0.1) is 19.8 Å². The summed E-state index contributed by atoms with van der Waals surface area (Å²) in [6, 6.07) is 10.1. The molecule has 2 atom stereocenters. The topological polar surface area (TPSA) is 75.8 Å². The van der Waals surface area contributed by atoms with Gasteiger partial charge in [-0.2, -0.15) is 0 Å². The van der Waals surface area contributed by atoms with E-state index in [1.807, 2.05) is 18.2 Å². The maximum absolute atomic E-state index is 11.4. The van der Waals surface area contributed by atoms with Crippen molar-refractivity contribution in [2.24, 2.45) is 0 Å². The van der Waals surface area contributed by atoms with E-state index in [0.717, 1.165) is 13.0 Å². The van der Waals surface area contributed by atoms with Crippen LogP contribution >= 0.6 is 0 Å². The van der Waals surface area contributed by atoms with Gasteiger partial charge in [-0.15, -0.1) is 0 Å². The highest BCUT2D eigenvalue weighted by molar-refractivity contribution is 5.86. The Morgan fingerprint density at radius 3 is 2.91 bits per heavy atom. The summed E-state index contributed by atoms with van der Waals surface area (Å²) < 4.78 is 9.91. The number of carbonyl (C=O) groups is 1. The van der Waals surface area contributed by atoms with Gasteiger partial charge < -0.3 is 14.3 Å². The molecule has 1 aliphatic heterocycles. The maximum atomic E-state index is 11.4. The second kappa shape index (κ2) is 6.93. The number of aliphatic hydroxyl groups is 1. The van der Waals surface area contributed by atoms with Crippen molar-refractivity contribution in [1.82, 2.24) is 9.88 Å². The summed E-state index contributed by atoms with van der Waals surface area (Å²) in [7, 11) is 1.31. The van der Waals surface area contributed by atoms with E-state index in [-0.39, 0.29) is 11.6 Å². The summed E-state index contributed by atoms with van der Waals surface area (Å²) in [5.41, 5.74) is 1.34. The first-order valence-corrected chi connectivity index (χ1v) is 7.65. The van der Waals surface area contributed by atoms with Crippen LogP contribution in [0.25, 0.3) is 0 Å². The van der Waals surface area contributed by atoms with Crippen molar-refractivity contribution < 1.29 is 19.1 Å². The number of piperidine rings is 1. The van der Waals surface area contributed by atoms with E-state index in [1.54, 1.807) is 0 Å². The number of hydrogen-bond acceptors (Lipinski definition) is 6. The molecule has 6 heteroatoms. The molecule has 6 nitrogen and oxygen atoms in total. The van der Waals surface area contributed by atoms with Crippen LogP contribution in [0.4, 0.5) is 0 Å². The summed E-state index contributed by atoms with van der Waals surface area (Å²) in [5.74, 6) is 0.0984. The van der Waals surface area contributed by atoms with Gasteiger partial charge in [0.2, 0.25) is 5.89 Å². The molecule has 0 saturated carbocycles. The molecule has 0 spiro atoms. The molecule has 1 fully saturated rings. The lowest BCUT2D eigenvalue weighted by atomic mass is 9.87. The lowest BCUT2D eigenvalue weighted by Crippen LogP contribution is -2.42. The molecule has 122 valence electrons. The molecule has 0 amide bonds. The highest BCUT2D eigenvalue weighted by Crippen LogP contribution is 2.28. The lowest BCUT2D eigenvalue weighted by Gasteiger charge is -2.35. The SMILES string of the molecule is COC(=O)c1coc(CN2CC[C@H](c3ccccc3)[C@H](O)C2)n1. The Labute approximate surface area is 134 Å². The zero-order chi connectivity index (χ0) is 16.2. The Kier molecular flexibility index (Phi) is 4.73. The van der Waals surface area contributed by atoms with Gasteiger partial charge in [0.15, 0.2) is 5.69 Å². The number of carbonyl (C=O) groups excluding carboxylic acids is 1. The number of aliphatic hydroxyl groups excluding tert-OH is 1. The molecule has 0 radical (unpaired) electrons. The summed E-state index contributed by atoms with van der Waals surface area (Å²) in [6.45, 7) is 1.86. The number of ether oxygens (including phenoxy) is 1. The second-order valence-electron chi connectivity index (χ2n) is 5.73. The largest absolute Gasteiger partial charge is 0.464 e. The average Bonchev–Trinajstić information content (AvgIpc) is 3.03. The highest BCUT2D eigenvalue weighted by atomic mass is 16.5.